The third kappa shape index (κ3) is 3.93. The first kappa shape index (κ1) is 15.8. The molecule has 0 radical (unpaired) electrons. The number of pyridine rings is 1. The molecule has 0 bridgehead atoms. The van der Waals surface area contributed by atoms with Crippen LogP contribution < -0.4 is 11.3 Å². The number of hydrogen-bond acceptors (Lipinski definition) is 5. The molecule has 0 aliphatic rings. The Balaban J connectivity index is 2.18. The lowest BCUT2D eigenvalue weighted by Gasteiger charge is -2.17. The van der Waals surface area contributed by atoms with Gasteiger partial charge in [0.1, 0.15) is 5.82 Å². The monoisotopic (exact) mass is 324 g/mol. The van der Waals surface area contributed by atoms with Gasteiger partial charge in [0, 0.05) is 23.2 Å². The van der Waals surface area contributed by atoms with Gasteiger partial charge in [0.15, 0.2) is 0 Å². The van der Waals surface area contributed by atoms with Crippen molar-refractivity contribution in [3.8, 4) is 0 Å². The first-order valence-corrected chi connectivity index (χ1v) is 7.70. The average molecular weight is 325 g/mol. The molecule has 0 atom stereocenters. The van der Waals surface area contributed by atoms with E-state index in [4.69, 9.17) is 17.4 Å². The summed E-state index contributed by atoms with van der Waals surface area (Å²) in [5, 5.41) is 0. The molecule has 0 fully saturated rings. The molecule has 0 spiro atoms. The Hall–Kier alpha value is -1.63. The summed E-state index contributed by atoms with van der Waals surface area (Å²) >= 11 is 7.38. The summed E-state index contributed by atoms with van der Waals surface area (Å²) in [6.45, 7) is 2.50. The third-order valence-electron chi connectivity index (χ3n) is 3.00. The predicted octanol–water partition coefficient (Wildman–Crippen LogP) is 2.92. The largest absolute Gasteiger partial charge is 0.337 e. The highest BCUT2D eigenvalue weighted by molar-refractivity contribution is 7.16. The summed E-state index contributed by atoms with van der Waals surface area (Å²) in [7, 11) is 1.76. The van der Waals surface area contributed by atoms with Crippen molar-refractivity contribution in [2.24, 2.45) is 5.84 Å². The molecule has 2 aromatic heterocycles. The molecule has 3 N–H and O–H groups in total. The number of hydrogen-bond donors (Lipinski definition) is 2. The van der Waals surface area contributed by atoms with Gasteiger partial charge in [0.2, 0.25) is 0 Å². The molecule has 0 unspecified atom stereocenters. The minimum atomic E-state index is -0.0758. The maximum atomic E-state index is 12.5. The standard InChI is InChI=1S/C14H17ClN4OS/c1-3-10-6-9(7-13(17-10)18-16)14(20)19(2)8-11-4-5-12(15)21-11/h4-7H,3,8,16H2,1-2H3,(H,17,18). The molecular formula is C14H17ClN4OS. The highest BCUT2D eigenvalue weighted by atomic mass is 35.5. The van der Waals surface area contributed by atoms with Gasteiger partial charge < -0.3 is 10.3 Å². The average Bonchev–Trinajstić information content (AvgIpc) is 2.90. The second-order valence-corrected chi connectivity index (χ2v) is 6.40. The zero-order valence-electron chi connectivity index (χ0n) is 11.9. The molecule has 7 heteroatoms. The number of nitrogens with zero attached hydrogens (tertiary/aromatic N) is 2. The Morgan fingerprint density at radius 3 is 2.81 bits per heavy atom. The number of aromatic nitrogens is 1. The Bertz CT molecular complexity index is 621. The number of rotatable bonds is 5. The fourth-order valence-electron chi connectivity index (χ4n) is 1.93. The lowest BCUT2D eigenvalue weighted by Crippen LogP contribution is -2.26. The molecule has 0 saturated heterocycles. The van der Waals surface area contributed by atoms with E-state index in [1.807, 2.05) is 19.1 Å². The summed E-state index contributed by atoms with van der Waals surface area (Å²) in [4.78, 5) is 19.5. The highest BCUT2D eigenvalue weighted by Crippen LogP contribution is 2.23. The fraction of sp³-hybridized carbons (Fsp3) is 0.286. The number of nitrogen functional groups attached to an aromatic ring is 1. The topological polar surface area (TPSA) is 71.2 Å². The molecule has 0 aromatic carbocycles. The van der Waals surface area contributed by atoms with Crippen molar-refractivity contribution in [3.05, 3.63) is 44.7 Å². The summed E-state index contributed by atoms with van der Waals surface area (Å²) in [6.07, 6.45) is 0.736. The van der Waals surface area contributed by atoms with Crippen molar-refractivity contribution in [3.63, 3.8) is 0 Å². The molecule has 0 aliphatic carbocycles. The number of carbonyl (C=O) groups excluding carboxylic acids is 1. The molecule has 5 nitrogen and oxygen atoms in total. The lowest BCUT2D eigenvalue weighted by atomic mass is 10.1. The maximum absolute atomic E-state index is 12.5. The van der Waals surface area contributed by atoms with Crippen molar-refractivity contribution in [2.75, 3.05) is 12.5 Å². The molecule has 21 heavy (non-hydrogen) atoms. The van der Waals surface area contributed by atoms with Crippen LogP contribution in [0.4, 0.5) is 5.82 Å². The van der Waals surface area contributed by atoms with Crippen LogP contribution in [0.2, 0.25) is 4.34 Å². The number of hydrazine groups is 1. The van der Waals surface area contributed by atoms with E-state index in [1.54, 1.807) is 24.1 Å². The first-order valence-electron chi connectivity index (χ1n) is 6.50. The number of aryl methyl sites for hydroxylation is 1. The number of anilines is 1. The zero-order valence-corrected chi connectivity index (χ0v) is 13.5. The van der Waals surface area contributed by atoms with E-state index in [-0.39, 0.29) is 5.91 Å². The van der Waals surface area contributed by atoms with Crippen molar-refractivity contribution in [2.45, 2.75) is 19.9 Å². The van der Waals surface area contributed by atoms with Crippen molar-refractivity contribution in [1.29, 1.82) is 0 Å². The van der Waals surface area contributed by atoms with E-state index < -0.39 is 0 Å². The zero-order chi connectivity index (χ0) is 15.4. The van der Waals surface area contributed by atoms with Gasteiger partial charge in [-0.05, 0) is 30.7 Å². The van der Waals surface area contributed by atoms with Gasteiger partial charge in [-0.2, -0.15) is 0 Å². The number of thiophene rings is 1. The number of carbonyl (C=O) groups is 1. The molecule has 0 saturated carbocycles. The van der Waals surface area contributed by atoms with E-state index in [2.05, 4.69) is 10.4 Å². The van der Waals surface area contributed by atoms with Gasteiger partial charge in [-0.3, -0.25) is 4.79 Å². The summed E-state index contributed by atoms with van der Waals surface area (Å²) in [5.74, 6) is 5.81. The first-order chi connectivity index (χ1) is 10.0. The quantitative estimate of drug-likeness (QED) is 0.655. The van der Waals surface area contributed by atoms with E-state index >= 15 is 0 Å². The smallest absolute Gasteiger partial charge is 0.254 e. The third-order valence-corrected chi connectivity index (χ3v) is 4.22. The van der Waals surface area contributed by atoms with Crippen LogP contribution in [-0.4, -0.2) is 22.8 Å². The normalized spacial score (nSPS) is 10.5. The molecule has 1 amide bonds. The molecule has 2 aromatic rings. The van der Waals surface area contributed by atoms with Crippen LogP contribution >= 0.6 is 22.9 Å². The van der Waals surface area contributed by atoms with Gasteiger partial charge in [-0.15, -0.1) is 11.3 Å². The van der Waals surface area contributed by atoms with E-state index in [0.717, 1.165) is 21.3 Å². The van der Waals surface area contributed by atoms with Crippen molar-refractivity contribution in [1.82, 2.24) is 9.88 Å². The molecule has 0 aliphatic heterocycles. The summed E-state index contributed by atoms with van der Waals surface area (Å²) < 4.78 is 0.720. The molecule has 2 heterocycles. The van der Waals surface area contributed by atoms with Gasteiger partial charge in [0.05, 0.1) is 10.9 Å². The van der Waals surface area contributed by atoms with Crippen molar-refractivity contribution < 1.29 is 4.79 Å². The van der Waals surface area contributed by atoms with Gasteiger partial charge in [-0.25, -0.2) is 10.8 Å². The maximum Gasteiger partial charge on any atom is 0.254 e. The number of nitrogens with two attached hydrogens (primary N) is 1. The van der Waals surface area contributed by atoms with Crippen LogP contribution in [0.3, 0.4) is 0 Å². The van der Waals surface area contributed by atoms with Crippen LogP contribution in [-0.2, 0) is 13.0 Å². The fourth-order valence-corrected chi connectivity index (χ4v) is 3.07. The Morgan fingerprint density at radius 2 is 2.24 bits per heavy atom. The van der Waals surface area contributed by atoms with Crippen LogP contribution in [0.25, 0.3) is 0 Å². The van der Waals surface area contributed by atoms with Gasteiger partial charge in [-0.1, -0.05) is 18.5 Å². The minimum absolute atomic E-state index is 0.0758. The number of nitrogens with one attached hydrogen (secondary N) is 1. The number of halogens is 1. The van der Waals surface area contributed by atoms with Crippen LogP contribution in [0.15, 0.2) is 24.3 Å². The second kappa shape index (κ2) is 6.89. The van der Waals surface area contributed by atoms with Crippen LogP contribution in [0, 0.1) is 0 Å². The minimum Gasteiger partial charge on any atom is -0.337 e. The van der Waals surface area contributed by atoms with Crippen LogP contribution in [0.5, 0.6) is 0 Å². The Morgan fingerprint density at radius 1 is 1.48 bits per heavy atom. The van der Waals surface area contributed by atoms with E-state index in [9.17, 15) is 4.79 Å². The summed E-state index contributed by atoms with van der Waals surface area (Å²) in [6, 6.07) is 7.20. The molecular weight excluding hydrogens is 308 g/mol. The van der Waals surface area contributed by atoms with Crippen molar-refractivity contribution >= 4 is 34.7 Å². The van der Waals surface area contributed by atoms with E-state index in [0.29, 0.717) is 17.9 Å². The van der Waals surface area contributed by atoms with Gasteiger partial charge >= 0.3 is 0 Å². The van der Waals surface area contributed by atoms with Gasteiger partial charge in [0.25, 0.3) is 5.91 Å². The summed E-state index contributed by atoms with van der Waals surface area (Å²) in [5.41, 5.74) is 3.88. The highest BCUT2D eigenvalue weighted by Gasteiger charge is 2.15. The lowest BCUT2D eigenvalue weighted by molar-refractivity contribution is 0.0786. The van der Waals surface area contributed by atoms with E-state index in [1.165, 1.54) is 11.3 Å². The molecule has 2 rings (SSSR count). The second-order valence-electron chi connectivity index (χ2n) is 4.60. The Labute approximate surface area is 132 Å². The SMILES string of the molecule is CCc1cc(C(=O)N(C)Cc2ccc(Cl)s2)cc(NN)n1. The van der Waals surface area contributed by atoms with Crippen LogP contribution in [0.1, 0.15) is 27.9 Å². The Kier molecular flexibility index (Phi) is 5.17. The molecule has 112 valence electrons. The number of amides is 1. The predicted molar refractivity (Wildman–Crippen MR) is 86.6 cm³/mol.